The topological polar surface area (TPSA) is 129 Å². The third-order valence-corrected chi connectivity index (χ3v) is 11.7. The molecule has 1 N–H and O–H groups in total. The van der Waals surface area contributed by atoms with E-state index in [9.17, 15) is 14.7 Å². The Bertz CT molecular complexity index is 2090. The van der Waals surface area contributed by atoms with Gasteiger partial charge >= 0.3 is 35.0 Å². The third kappa shape index (κ3) is 7.65. The summed E-state index contributed by atoms with van der Waals surface area (Å²) in [5.41, 5.74) is 10.2. The standard InChI is InChI=1S/C44H52N4O5.Mg/c1-10-13-14-15-23(4)18-19-53-37(49)17-16-30-26(7)33-20-31-24(5)28(11-2)35(45-31)21-32-25(6)29(12-3)36(46-32)22-34-27(8)38-42(48-34)39(41(30)47-33)40(43(38)50)44(51)52-9;/h2,18,20-22,26,28,30,40-41,43,50H,10,12-17,19H2,1,3-9H3;/q-4;+2/b23-18+,33-20-,34-22-,35-21-;/t26-,28+,30-,40+,41?,43-;/m0./s1. The number of esters is 2. The molecule has 3 aliphatic heterocycles. The van der Waals surface area contributed by atoms with Gasteiger partial charge in [0.15, 0.2) is 0 Å². The number of nitrogens with zero attached hydrogens (tertiary/aromatic N) is 4. The SMILES string of the molecule is C#C[C@@H]1C(C)=C2/C=C3\[N-]C(C4=c5[n-]/c(c(C)c5[C@H](O)[C@@H]4C(=O)OC)=C\c4[n-]c(c(C)c4CC)/C=C/1[N-]2)[C@@H](CCC(=O)OC/C=C(\C)CCCCC)[C@@H]3C.[Mg+2]. The Hall–Kier alpha value is -3.91. The second-order valence-electron chi connectivity index (χ2n) is 14.9. The van der Waals surface area contributed by atoms with Gasteiger partial charge < -0.3 is 35.2 Å². The van der Waals surface area contributed by atoms with Crippen LogP contribution in [0.1, 0.15) is 113 Å². The summed E-state index contributed by atoms with van der Waals surface area (Å²) in [6.07, 6.45) is 18.7. The minimum absolute atomic E-state index is 0. The molecular formula is C44H52MgN4O5-2. The van der Waals surface area contributed by atoms with Crippen LogP contribution in [0.5, 0.6) is 0 Å². The van der Waals surface area contributed by atoms with Crippen LogP contribution in [0.2, 0.25) is 0 Å². The smallest absolute Gasteiger partial charge is 0.681 e. The number of terminal acetylenes is 1. The van der Waals surface area contributed by atoms with E-state index >= 15 is 0 Å². The van der Waals surface area contributed by atoms with Gasteiger partial charge in [0.1, 0.15) is 12.5 Å². The quantitative estimate of drug-likeness (QED) is 0.0952. The van der Waals surface area contributed by atoms with Gasteiger partial charge in [-0.3, -0.25) is 9.59 Å². The molecule has 0 spiro atoms. The molecule has 10 heteroatoms. The molecule has 9 nitrogen and oxygen atoms in total. The second kappa shape index (κ2) is 17.3. The number of aliphatic hydroxyl groups excluding tert-OH is 1. The van der Waals surface area contributed by atoms with Crippen LogP contribution < -0.4 is 20.7 Å². The van der Waals surface area contributed by atoms with E-state index in [1.807, 2.05) is 38.2 Å². The molecule has 1 unspecified atom stereocenters. The van der Waals surface area contributed by atoms with Crippen molar-refractivity contribution in [1.82, 2.24) is 9.97 Å². The van der Waals surface area contributed by atoms with E-state index in [2.05, 4.69) is 40.5 Å². The maximum atomic E-state index is 13.5. The summed E-state index contributed by atoms with van der Waals surface area (Å²) in [5.74, 6) is 0.462. The molecule has 54 heavy (non-hydrogen) atoms. The maximum absolute atomic E-state index is 13.5. The summed E-state index contributed by atoms with van der Waals surface area (Å²) in [4.78, 5) is 36.8. The summed E-state index contributed by atoms with van der Waals surface area (Å²) in [6.45, 7) is 14.7. The van der Waals surface area contributed by atoms with Crippen molar-refractivity contribution in [3.05, 3.63) is 95.4 Å². The Morgan fingerprint density at radius 1 is 1.02 bits per heavy atom. The number of ether oxygens (including phenoxy) is 2. The zero-order valence-corrected chi connectivity index (χ0v) is 34.5. The first-order chi connectivity index (χ1) is 25.4. The molecule has 2 aromatic rings. The molecule has 1 fully saturated rings. The van der Waals surface area contributed by atoms with Crippen LogP contribution in [0.25, 0.3) is 28.4 Å². The molecule has 6 rings (SSSR count). The summed E-state index contributed by atoms with van der Waals surface area (Å²) in [7, 11) is 1.33. The van der Waals surface area contributed by atoms with E-state index in [1.165, 1.54) is 19.1 Å². The molecule has 0 radical (unpaired) electrons. The molecule has 0 aromatic carbocycles. The summed E-state index contributed by atoms with van der Waals surface area (Å²) >= 11 is 0. The van der Waals surface area contributed by atoms with Gasteiger partial charge in [-0.2, -0.15) is 5.70 Å². The Kier molecular flexibility index (Phi) is 13.2. The van der Waals surface area contributed by atoms with Gasteiger partial charge in [-0.25, -0.2) is 0 Å². The van der Waals surface area contributed by atoms with Crippen LogP contribution in [-0.2, 0) is 25.5 Å². The minimum atomic E-state index is -1.16. The van der Waals surface area contributed by atoms with Gasteiger partial charge in [0.25, 0.3) is 0 Å². The molecule has 0 saturated carbocycles. The summed E-state index contributed by atoms with van der Waals surface area (Å²) in [6, 6.07) is -0.558. The van der Waals surface area contributed by atoms with Gasteiger partial charge in [-0.15, -0.1) is 39.9 Å². The number of carbonyl (C=O) groups excluding carboxylic acids is 2. The monoisotopic (exact) mass is 740 g/mol. The average molecular weight is 741 g/mol. The van der Waals surface area contributed by atoms with E-state index in [4.69, 9.17) is 36.5 Å². The zero-order valence-electron chi connectivity index (χ0n) is 33.1. The molecule has 6 atom stereocenters. The molecule has 282 valence electrons. The van der Waals surface area contributed by atoms with Crippen LogP contribution in [0.4, 0.5) is 0 Å². The van der Waals surface area contributed by atoms with Crippen molar-refractivity contribution in [2.75, 3.05) is 13.7 Å². The fourth-order valence-electron chi connectivity index (χ4n) is 8.50. The molecule has 1 aliphatic carbocycles. The fraction of sp³-hybridized carbons (Fsp3) is 0.500. The van der Waals surface area contributed by atoms with Gasteiger partial charge in [-0.05, 0) is 76.9 Å². The number of hydrogen-bond acceptors (Lipinski definition) is 5. The summed E-state index contributed by atoms with van der Waals surface area (Å²) in [5, 5.41) is 23.5. The Morgan fingerprint density at radius 2 is 1.78 bits per heavy atom. The van der Waals surface area contributed by atoms with Gasteiger partial charge in [-0.1, -0.05) is 97.2 Å². The Balaban J connectivity index is 0.00000561. The van der Waals surface area contributed by atoms with E-state index in [-0.39, 0.29) is 59.8 Å². The molecule has 8 bridgehead atoms. The second-order valence-corrected chi connectivity index (χ2v) is 14.9. The van der Waals surface area contributed by atoms with Crippen molar-refractivity contribution >= 4 is 52.7 Å². The minimum Gasteiger partial charge on any atom is -0.681 e. The number of allylic oxidation sites excluding steroid dienone is 4. The number of aliphatic hydroxyl groups is 1. The molecule has 5 heterocycles. The average Bonchev–Trinajstić information content (AvgIpc) is 3.87. The Morgan fingerprint density at radius 3 is 2.46 bits per heavy atom. The third-order valence-electron chi connectivity index (χ3n) is 11.7. The largest absolute Gasteiger partial charge is 2.00 e. The number of hydrogen-bond donors (Lipinski definition) is 1. The molecule has 0 amide bonds. The maximum Gasteiger partial charge on any atom is 2.00 e. The van der Waals surface area contributed by atoms with E-state index in [0.29, 0.717) is 28.3 Å². The number of rotatable bonds is 11. The van der Waals surface area contributed by atoms with E-state index in [1.54, 1.807) is 0 Å². The molecule has 1 saturated heterocycles. The van der Waals surface area contributed by atoms with Gasteiger partial charge in [0, 0.05) is 12.3 Å². The first-order valence-electron chi connectivity index (χ1n) is 19.1. The van der Waals surface area contributed by atoms with Crippen molar-refractivity contribution in [1.29, 1.82) is 0 Å². The first kappa shape index (κ1) is 41.3. The molecule has 2 aromatic heterocycles. The van der Waals surface area contributed by atoms with Crippen LogP contribution in [0, 0.1) is 49.9 Å². The van der Waals surface area contributed by atoms with Crippen molar-refractivity contribution < 1.29 is 24.2 Å². The first-order valence-corrected chi connectivity index (χ1v) is 19.1. The number of fused-ring (bicyclic) bond motifs is 8. The van der Waals surface area contributed by atoms with Crippen LogP contribution in [0.15, 0.2) is 40.4 Å². The number of unbranched alkanes of at least 4 members (excludes halogenated alkanes) is 2. The van der Waals surface area contributed by atoms with Crippen molar-refractivity contribution in [2.24, 2.45) is 23.7 Å². The summed E-state index contributed by atoms with van der Waals surface area (Å²) < 4.78 is 11.0. The van der Waals surface area contributed by atoms with Gasteiger partial charge in [0.2, 0.25) is 0 Å². The normalized spacial score (nSPS) is 26.7. The van der Waals surface area contributed by atoms with Crippen molar-refractivity contribution in [2.45, 2.75) is 106 Å². The van der Waals surface area contributed by atoms with E-state index in [0.717, 1.165) is 76.4 Å². The molecule has 4 aliphatic rings. The fourth-order valence-corrected chi connectivity index (χ4v) is 8.50. The van der Waals surface area contributed by atoms with Gasteiger partial charge in [0.05, 0.1) is 13.2 Å². The number of aromatic nitrogens is 2. The van der Waals surface area contributed by atoms with Crippen molar-refractivity contribution in [3.63, 3.8) is 0 Å². The molecular weight excluding hydrogens is 689 g/mol. The number of methoxy groups -OCH3 is 1. The van der Waals surface area contributed by atoms with Crippen LogP contribution in [-0.4, -0.2) is 59.9 Å². The van der Waals surface area contributed by atoms with E-state index < -0.39 is 24.0 Å². The predicted molar refractivity (Wildman–Crippen MR) is 213 cm³/mol. The number of carbonyl (C=O) groups is 2. The predicted octanol–water partition coefficient (Wildman–Crippen LogP) is 6.22. The van der Waals surface area contributed by atoms with Crippen molar-refractivity contribution in [3.8, 4) is 12.3 Å². The van der Waals surface area contributed by atoms with Crippen LogP contribution >= 0.6 is 0 Å². The van der Waals surface area contributed by atoms with Crippen LogP contribution in [0.3, 0.4) is 0 Å². The zero-order chi connectivity index (χ0) is 38.1. The Labute approximate surface area is 336 Å².